The SMILES string of the molecule is C=C(C#N)C(=O)NC[C@@H](NC(=O)[C@H](Cc1nc2ccc(CC)cc2s1)NC(=O)CCC)C(C)CC. The number of nitrogens with one attached hydrogen (secondary N) is 3. The van der Waals surface area contributed by atoms with Gasteiger partial charge in [0.2, 0.25) is 11.8 Å². The number of hydrogen-bond donors (Lipinski definition) is 3. The van der Waals surface area contributed by atoms with Gasteiger partial charge in [-0.2, -0.15) is 5.26 Å². The van der Waals surface area contributed by atoms with Crippen molar-refractivity contribution in [3.05, 3.63) is 40.9 Å². The summed E-state index contributed by atoms with van der Waals surface area (Å²) in [6.45, 7) is 11.5. The van der Waals surface area contributed by atoms with Crippen LogP contribution in [0.2, 0.25) is 0 Å². The highest BCUT2D eigenvalue weighted by molar-refractivity contribution is 7.18. The molecule has 8 nitrogen and oxygen atoms in total. The van der Waals surface area contributed by atoms with Crippen LogP contribution >= 0.6 is 11.3 Å². The lowest BCUT2D eigenvalue weighted by molar-refractivity contribution is -0.129. The first-order valence-electron chi connectivity index (χ1n) is 12.1. The van der Waals surface area contributed by atoms with Crippen LogP contribution in [0.1, 0.15) is 57.5 Å². The minimum absolute atomic E-state index is 0.0523. The highest BCUT2D eigenvalue weighted by Crippen LogP contribution is 2.24. The Balaban J connectivity index is 2.21. The first kappa shape index (κ1) is 28.0. The minimum atomic E-state index is -0.795. The van der Waals surface area contributed by atoms with Crippen molar-refractivity contribution < 1.29 is 14.4 Å². The Labute approximate surface area is 211 Å². The fourth-order valence-electron chi connectivity index (χ4n) is 3.52. The smallest absolute Gasteiger partial charge is 0.261 e. The maximum atomic E-state index is 13.3. The molecule has 3 atom stereocenters. The van der Waals surface area contributed by atoms with E-state index in [4.69, 9.17) is 5.26 Å². The molecule has 2 aromatic rings. The highest BCUT2D eigenvalue weighted by atomic mass is 32.1. The molecule has 0 fully saturated rings. The number of nitrogens with zero attached hydrogens (tertiary/aromatic N) is 2. The van der Waals surface area contributed by atoms with E-state index in [0.717, 1.165) is 28.1 Å². The van der Waals surface area contributed by atoms with E-state index in [0.29, 0.717) is 12.8 Å². The first-order chi connectivity index (χ1) is 16.7. The van der Waals surface area contributed by atoms with E-state index in [2.05, 4.69) is 40.5 Å². The summed E-state index contributed by atoms with van der Waals surface area (Å²) in [6, 6.07) is 6.69. The summed E-state index contributed by atoms with van der Waals surface area (Å²) in [5.74, 6) is -1.04. The lowest BCUT2D eigenvalue weighted by atomic mass is 9.98. The zero-order chi connectivity index (χ0) is 26.0. The lowest BCUT2D eigenvalue weighted by Gasteiger charge is -2.27. The molecule has 0 saturated heterocycles. The van der Waals surface area contributed by atoms with Crippen molar-refractivity contribution in [1.29, 1.82) is 5.26 Å². The molecule has 0 spiro atoms. The van der Waals surface area contributed by atoms with Gasteiger partial charge < -0.3 is 16.0 Å². The monoisotopic (exact) mass is 497 g/mol. The third-order valence-electron chi connectivity index (χ3n) is 5.96. The van der Waals surface area contributed by atoms with Crippen LogP contribution in [-0.4, -0.2) is 41.3 Å². The van der Waals surface area contributed by atoms with E-state index in [-0.39, 0.29) is 42.3 Å². The second-order valence-electron chi connectivity index (χ2n) is 8.64. The molecule has 0 aliphatic rings. The Hall–Kier alpha value is -3.25. The fraction of sp³-hybridized carbons (Fsp3) is 0.500. The highest BCUT2D eigenvalue weighted by Gasteiger charge is 2.27. The van der Waals surface area contributed by atoms with Gasteiger partial charge in [-0.05, 0) is 36.5 Å². The maximum absolute atomic E-state index is 13.3. The topological polar surface area (TPSA) is 124 Å². The molecule has 0 bridgehead atoms. The molecule has 3 amide bonds. The fourth-order valence-corrected chi connectivity index (χ4v) is 4.60. The van der Waals surface area contributed by atoms with Gasteiger partial charge in [0, 0.05) is 25.4 Å². The average Bonchev–Trinajstić information content (AvgIpc) is 3.26. The molecule has 1 aromatic heterocycles. The standard InChI is InChI=1S/C26H35N5O3S/c1-6-9-23(32)29-20(13-24-30-19-11-10-18(8-3)12-22(19)35-24)26(34)31-21(16(4)7-2)15-28-25(33)17(5)14-27/h10-12,16,20-21H,5-9,13,15H2,1-4H3,(H,28,33)(H,29,32)(H,31,34)/t16?,20-,21+/m0/s1. The van der Waals surface area contributed by atoms with Gasteiger partial charge in [-0.1, -0.05) is 46.8 Å². The van der Waals surface area contributed by atoms with Crippen molar-refractivity contribution in [2.24, 2.45) is 5.92 Å². The number of aromatic nitrogens is 1. The van der Waals surface area contributed by atoms with Crippen molar-refractivity contribution >= 4 is 39.3 Å². The molecule has 2 rings (SSSR count). The molecule has 1 aromatic carbocycles. The quantitative estimate of drug-likeness (QED) is 0.289. The minimum Gasteiger partial charge on any atom is -0.350 e. The maximum Gasteiger partial charge on any atom is 0.261 e. The number of carbonyl (C=O) groups is 3. The zero-order valence-electron chi connectivity index (χ0n) is 20.9. The van der Waals surface area contributed by atoms with Crippen molar-refractivity contribution in [3.63, 3.8) is 0 Å². The predicted molar refractivity (Wildman–Crippen MR) is 139 cm³/mol. The Bertz CT molecular complexity index is 1100. The number of nitriles is 1. The van der Waals surface area contributed by atoms with Crippen LogP contribution in [-0.2, 0) is 27.2 Å². The molecule has 1 heterocycles. The van der Waals surface area contributed by atoms with Gasteiger partial charge in [-0.15, -0.1) is 11.3 Å². The van der Waals surface area contributed by atoms with Gasteiger partial charge in [-0.3, -0.25) is 14.4 Å². The van der Waals surface area contributed by atoms with Crippen molar-refractivity contribution in [3.8, 4) is 6.07 Å². The van der Waals surface area contributed by atoms with E-state index in [1.165, 1.54) is 16.9 Å². The van der Waals surface area contributed by atoms with Crippen LogP contribution < -0.4 is 16.0 Å². The predicted octanol–water partition coefficient (Wildman–Crippen LogP) is 3.41. The zero-order valence-corrected chi connectivity index (χ0v) is 21.8. The summed E-state index contributed by atoms with van der Waals surface area (Å²) in [4.78, 5) is 42.4. The summed E-state index contributed by atoms with van der Waals surface area (Å²) in [5.41, 5.74) is 1.90. The second kappa shape index (κ2) is 13.6. The van der Waals surface area contributed by atoms with Gasteiger partial charge in [0.15, 0.2) is 0 Å². The third kappa shape index (κ3) is 8.18. The van der Waals surface area contributed by atoms with Gasteiger partial charge in [-0.25, -0.2) is 4.98 Å². The Morgan fingerprint density at radius 1 is 1.20 bits per heavy atom. The molecule has 0 aliphatic carbocycles. The molecule has 188 valence electrons. The number of rotatable bonds is 13. The third-order valence-corrected chi connectivity index (χ3v) is 7.00. The molecular formula is C26H35N5O3S. The Morgan fingerprint density at radius 2 is 1.94 bits per heavy atom. The van der Waals surface area contributed by atoms with E-state index in [9.17, 15) is 14.4 Å². The molecule has 0 aliphatic heterocycles. The molecule has 0 saturated carbocycles. The molecule has 0 radical (unpaired) electrons. The molecule has 3 N–H and O–H groups in total. The largest absolute Gasteiger partial charge is 0.350 e. The summed E-state index contributed by atoms with van der Waals surface area (Å²) in [7, 11) is 0. The molecule has 9 heteroatoms. The van der Waals surface area contributed by atoms with Crippen LogP contribution in [0.4, 0.5) is 0 Å². The number of thiazole rings is 1. The van der Waals surface area contributed by atoms with Crippen LogP contribution in [0, 0.1) is 17.2 Å². The van der Waals surface area contributed by atoms with Gasteiger partial charge in [0.25, 0.3) is 5.91 Å². The lowest BCUT2D eigenvalue weighted by Crippen LogP contribution is -2.54. The van der Waals surface area contributed by atoms with E-state index < -0.39 is 11.9 Å². The summed E-state index contributed by atoms with van der Waals surface area (Å²) in [6.07, 6.45) is 2.96. The first-order valence-corrected chi connectivity index (χ1v) is 12.9. The number of aryl methyl sites for hydroxylation is 1. The molecule has 35 heavy (non-hydrogen) atoms. The molecular weight excluding hydrogens is 462 g/mol. The summed E-state index contributed by atoms with van der Waals surface area (Å²) >= 11 is 1.52. The van der Waals surface area contributed by atoms with Gasteiger partial charge in [0.05, 0.1) is 15.2 Å². The second-order valence-corrected chi connectivity index (χ2v) is 9.75. The Kier molecular flexibility index (Phi) is 10.9. The normalized spacial score (nSPS) is 13.3. The summed E-state index contributed by atoms with van der Waals surface area (Å²) in [5, 5.41) is 18.1. The average molecular weight is 498 g/mol. The van der Waals surface area contributed by atoms with Gasteiger partial charge in [0.1, 0.15) is 17.7 Å². The Morgan fingerprint density at radius 3 is 2.57 bits per heavy atom. The number of amides is 3. The van der Waals surface area contributed by atoms with Crippen LogP contribution in [0.25, 0.3) is 10.2 Å². The number of fused-ring (bicyclic) bond motifs is 1. The van der Waals surface area contributed by atoms with Crippen LogP contribution in [0.15, 0.2) is 30.4 Å². The molecule has 1 unspecified atom stereocenters. The van der Waals surface area contributed by atoms with Crippen LogP contribution in [0.3, 0.4) is 0 Å². The van der Waals surface area contributed by atoms with E-state index in [1.807, 2.05) is 32.9 Å². The van der Waals surface area contributed by atoms with E-state index >= 15 is 0 Å². The van der Waals surface area contributed by atoms with Crippen LogP contribution in [0.5, 0.6) is 0 Å². The van der Waals surface area contributed by atoms with Gasteiger partial charge >= 0.3 is 0 Å². The number of hydrogen-bond acceptors (Lipinski definition) is 6. The summed E-state index contributed by atoms with van der Waals surface area (Å²) < 4.78 is 1.05. The number of benzene rings is 1. The van der Waals surface area contributed by atoms with Crippen molar-refractivity contribution in [2.45, 2.75) is 71.9 Å². The van der Waals surface area contributed by atoms with Crippen molar-refractivity contribution in [2.75, 3.05) is 6.54 Å². The van der Waals surface area contributed by atoms with Crippen molar-refractivity contribution in [1.82, 2.24) is 20.9 Å². The number of carbonyl (C=O) groups excluding carboxylic acids is 3. The van der Waals surface area contributed by atoms with E-state index in [1.54, 1.807) is 6.07 Å².